The van der Waals surface area contributed by atoms with Gasteiger partial charge in [-0.25, -0.2) is 9.78 Å². The average Bonchev–Trinajstić information content (AvgIpc) is 3.11. The molecule has 32 heavy (non-hydrogen) atoms. The monoisotopic (exact) mass is 435 g/mol. The van der Waals surface area contributed by atoms with Crippen molar-refractivity contribution >= 4 is 24.3 Å². The van der Waals surface area contributed by atoms with Crippen LogP contribution in [0.25, 0.3) is 0 Å². The molecule has 0 aliphatic carbocycles. The first-order valence-electron chi connectivity index (χ1n) is 9.61. The fourth-order valence-corrected chi connectivity index (χ4v) is 3.12. The normalized spacial score (nSPS) is 12.7. The largest absolute Gasteiger partial charge is 0.497 e. The molecule has 1 atom stereocenters. The average molecular weight is 435 g/mol. The van der Waals surface area contributed by atoms with Crippen LogP contribution in [0.15, 0.2) is 36.5 Å². The maximum Gasteiger partial charge on any atom is 0.322 e. The molecule has 5 amide bonds. The minimum Gasteiger partial charge on any atom is -0.497 e. The number of carbonyl (C=O) groups excluding carboxylic acids is 4. The lowest BCUT2D eigenvalue weighted by Gasteiger charge is -2.21. The second-order valence-corrected chi connectivity index (χ2v) is 6.78. The van der Waals surface area contributed by atoms with Crippen LogP contribution in [-0.2, 0) is 11.3 Å². The zero-order valence-corrected chi connectivity index (χ0v) is 17.5. The van der Waals surface area contributed by atoms with Crippen LogP contribution >= 0.6 is 0 Å². The number of carbonyl (C=O) groups is 4. The van der Waals surface area contributed by atoms with Crippen molar-refractivity contribution in [1.29, 1.82) is 0 Å². The minimum absolute atomic E-state index is 0.0961. The van der Waals surface area contributed by atoms with Crippen LogP contribution in [0.4, 0.5) is 4.79 Å². The number of hydrogen-bond acceptors (Lipinski definition) is 6. The first-order chi connectivity index (χ1) is 15.4. The van der Waals surface area contributed by atoms with Gasteiger partial charge >= 0.3 is 6.03 Å². The highest BCUT2D eigenvalue weighted by Gasteiger charge is 2.29. The van der Waals surface area contributed by atoms with Gasteiger partial charge in [0.2, 0.25) is 6.41 Å². The van der Waals surface area contributed by atoms with Gasteiger partial charge in [-0.05, 0) is 29.8 Å². The van der Waals surface area contributed by atoms with Crippen molar-refractivity contribution in [2.45, 2.75) is 12.6 Å². The van der Waals surface area contributed by atoms with Crippen LogP contribution in [0.2, 0.25) is 0 Å². The molecule has 2 aromatic rings. The molecule has 1 aliphatic rings. The third kappa shape index (κ3) is 5.20. The van der Waals surface area contributed by atoms with Gasteiger partial charge in [0.25, 0.3) is 11.8 Å². The summed E-state index contributed by atoms with van der Waals surface area (Å²) in [5, 5.41) is 7.04. The Balaban J connectivity index is 1.77. The van der Waals surface area contributed by atoms with E-state index in [4.69, 9.17) is 4.74 Å². The summed E-state index contributed by atoms with van der Waals surface area (Å²) in [6.45, 7) is 0.453. The van der Waals surface area contributed by atoms with Crippen LogP contribution in [0, 0.1) is 11.8 Å². The molecular weight excluding hydrogens is 414 g/mol. The molecule has 0 spiro atoms. The Bertz CT molecular complexity index is 1100. The van der Waals surface area contributed by atoms with E-state index in [1.807, 2.05) is 11.4 Å². The second kappa shape index (κ2) is 10.1. The number of methoxy groups -OCH3 is 1. The number of aromatic nitrogens is 1. The topological polar surface area (TPSA) is 130 Å². The number of pyridine rings is 1. The molecular formula is C22H21N5O5. The Hall–Kier alpha value is -4.39. The van der Waals surface area contributed by atoms with Gasteiger partial charge in [0.1, 0.15) is 17.5 Å². The van der Waals surface area contributed by atoms with E-state index in [0.29, 0.717) is 23.4 Å². The molecule has 0 unspecified atom stereocenters. The second-order valence-electron chi connectivity index (χ2n) is 6.78. The highest BCUT2D eigenvalue weighted by atomic mass is 16.5. The van der Waals surface area contributed by atoms with Crippen molar-refractivity contribution in [3.05, 3.63) is 58.9 Å². The van der Waals surface area contributed by atoms with Crippen molar-refractivity contribution in [2.75, 3.05) is 20.7 Å². The van der Waals surface area contributed by atoms with Crippen molar-refractivity contribution in [2.24, 2.45) is 0 Å². The number of amides is 5. The first-order valence-corrected chi connectivity index (χ1v) is 9.61. The zero-order valence-electron chi connectivity index (χ0n) is 17.5. The number of urea groups is 1. The quantitative estimate of drug-likeness (QED) is 0.442. The number of rotatable bonds is 6. The molecule has 1 aromatic heterocycles. The summed E-state index contributed by atoms with van der Waals surface area (Å²) in [7, 11) is 3.03. The number of imide groups is 1. The van der Waals surface area contributed by atoms with Gasteiger partial charge in [-0.3, -0.25) is 19.7 Å². The van der Waals surface area contributed by atoms with Gasteiger partial charge in [0, 0.05) is 30.9 Å². The summed E-state index contributed by atoms with van der Waals surface area (Å²) in [6, 6.07) is 6.91. The van der Waals surface area contributed by atoms with Gasteiger partial charge in [-0.15, -0.1) is 0 Å². The maximum atomic E-state index is 12.8. The first kappa shape index (κ1) is 22.3. The molecule has 1 aromatic carbocycles. The highest BCUT2D eigenvalue weighted by molar-refractivity contribution is 5.98. The van der Waals surface area contributed by atoms with Crippen LogP contribution in [0.5, 0.6) is 5.75 Å². The molecule has 0 saturated heterocycles. The van der Waals surface area contributed by atoms with Crippen molar-refractivity contribution in [3.8, 4) is 17.6 Å². The Kier molecular flexibility index (Phi) is 7.02. The molecule has 0 radical (unpaired) electrons. The molecule has 0 saturated carbocycles. The van der Waals surface area contributed by atoms with E-state index < -0.39 is 12.1 Å². The number of hydrogen-bond donors (Lipinski definition) is 3. The summed E-state index contributed by atoms with van der Waals surface area (Å²) in [5.41, 5.74) is 2.13. The number of ether oxygens (including phenoxy) is 1. The highest BCUT2D eigenvalue weighted by Crippen LogP contribution is 2.26. The predicted molar refractivity (Wildman–Crippen MR) is 114 cm³/mol. The van der Waals surface area contributed by atoms with E-state index in [9.17, 15) is 19.2 Å². The van der Waals surface area contributed by atoms with Crippen molar-refractivity contribution in [1.82, 2.24) is 25.8 Å². The van der Waals surface area contributed by atoms with E-state index >= 15 is 0 Å². The van der Waals surface area contributed by atoms with Crippen molar-refractivity contribution in [3.63, 3.8) is 0 Å². The van der Waals surface area contributed by atoms with E-state index in [2.05, 4.69) is 27.5 Å². The lowest BCUT2D eigenvalue weighted by Crippen LogP contribution is -2.46. The summed E-state index contributed by atoms with van der Waals surface area (Å²) >= 11 is 0. The van der Waals surface area contributed by atoms with Crippen LogP contribution in [-0.4, -0.2) is 60.9 Å². The third-order valence-corrected chi connectivity index (χ3v) is 4.71. The predicted octanol–water partition coefficient (Wildman–Crippen LogP) is 0.282. The summed E-state index contributed by atoms with van der Waals surface area (Å²) in [5.74, 6) is 5.81. The van der Waals surface area contributed by atoms with E-state index in [1.54, 1.807) is 23.1 Å². The molecule has 0 bridgehead atoms. The molecule has 1 aliphatic heterocycles. The van der Waals surface area contributed by atoms with Crippen molar-refractivity contribution < 1.29 is 23.9 Å². The van der Waals surface area contributed by atoms with Crippen LogP contribution in [0.1, 0.15) is 32.0 Å². The van der Waals surface area contributed by atoms with Gasteiger partial charge in [0.05, 0.1) is 13.7 Å². The molecule has 164 valence electrons. The fourth-order valence-electron chi connectivity index (χ4n) is 3.12. The van der Waals surface area contributed by atoms with Gasteiger partial charge in [0.15, 0.2) is 0 Å². The minimum atomic E-state index is -0.770. The Morgan fingerprint density at radius 1 is 1.31 bits per heavy atom. The van der Waals surface area contributed by atoms with E-state index in [-0.39, 0.29) is 30.5 Å². The lowest BCUT2D eigenvalue weighted by molar-refractivity contribution is -0.108. The zero-order chi connectivity index (χ0) is 23.1. The van der Waals surface area contributed by atoms with Crippen LogP contribution in [0.3, 0.4) is 0 Å². The Labute approximate surface area is 184 Å². The van der Waals surface area contributed by atoms with E-state index in [0.717, 1.165) is 5.56 Å². The lowest BCUT2D eigenvalue weighted by atomic mass is 10.1. The third-order valence-electron chi connectivity index (χ3n) is 4.71. The molecule has 0 fully saturated rings. The smallest absolute Gasteiger partial charge is 0.322 e. The summed E-state index contributed by atoms with van der Waals surface area (Å²) in [4.78, 5) is 52.4. The number of nitrogens with one attached hydrogen (secondary N) is 3. The van der Waals surface area contributed by atoms with Crippen LogP contribution < -0.4 is 20.7 Å². The number of fused-ring (bicyclic) bond motifs is 1. The Morgan fingerprint density at radius 3 is 2.78 bits per heavy atom. The number of benzene rings is 1. The Morgan fingerprint density at radius 2 is 2.12 bits per heavy atom. The van der Waals surface area contributed by atoms with E-state index in [1.165, 1.54) is 26.4 Å². The fraction of sp³-hybridized carbons (Fsp3) is 0.227. The SMILES string of the molecule is CNC(=O)c1ccc(C#C[C@H](CN2Cc3ccc(OC)cc3C2=O)NC(=O)NC=O)cn1. The summed E-state index contributed by atoms with van der Waals surface area (Å²) < 4.78 is 5.18. The molecule has 3 rings (SSSR count). The van der Waals surface area contributed by atoms with Gasteiger partial charge in [-0.2, -0.15) is 0 Å². The summed E-state index contributed by atoms with van der Waals surface area (Å²) in [6.07, 6.45) is 1.69. The van der Waals surface area contributed by atoms with Gasteiger partial charge in [-0.1, -0.05) is 17.9 Å². The molecule has 10 heteroatoms. The number of nitrogens with zero attached hydrogens (tertiary/aromatic N) is 2. The van der Waals surface area contributed by atoms with Gasteiger partial charge < -0.3 is 20.3 Å². The molecule has 3 N–H and O–H groups in total. The maximum absolute atomic E-state index is 12.8. The molecule has 2 heterocycles. The standard InChI is InChI=1S/C22H21N5O5/c1-23-20(29)19-8-4-14(10-24-19)3-6-16(26-22(31)25-13-28)12-27-11-15-5-7-17(32-2)9-18(15)21(27)30/h4-5,7-10,13,16H,11-12H2,1-2H3,(H,23,29)(H2,25,26,28,31)/t16-/m1/s1. The molecule has 10 nitrogen and oxygen atoms in total.